The monoisotopic (exact) mass is 402 g/mol. The summed E-state index contributed by atoms with van der Waals surface area (Å²) in [6.45, 7) is 4.03. The van der Waals surface area contributed by atoms with Crippen molar-refractivity contribution in [3.63, 3.8) is 0 Å². The Labute approximate surface area is 170 Å². The van der Waals surface area contributed by atoms with E-state index in [9.17, 15) is 9.59 Å². The number of aromatic nitrogens is 2. The number of hydrogen-bond donors (Lipinski definition) is 1. The average molecular weight is 402 g/mol. The van der Waals surface area contributed by atoms with Gasteiger partial charge in [0.15, 0.2) is 0 Å². The second kappa shape index (κ2) is 8.20. The zero-order valence-electron chi connectivity index (χ0n) is 17.2. The third-order valence-corrected chi connectivity index (χ3v) is 6.60. The number of nitrogens with zero attached hydrogens (tertiary/aromatic N) is 3. The molecule has 3 heterocycles. The van der Waals surface area contributed by atoms with E-state index in [1.54, 1.807) is 12.0 Å². The van der Waals surface area contributed by atoms with Crippen molar-refractivity contribution in [3.8, 4) is 0 Å². The third kappa shape index (κ3) is 3.91. The number of hydrogen-bond acceptors (Lipinski definition) is 5. The standard InChI is InChI=1S/C21H30N4O4/c1-28-20(27)24-13-9-21(29-2,10-14-24)15-23-11-7-16(8-12-23)25-18-6-4-3-5-17(18)22-19(25)26/h3-6,16H,7-15H2,1-2H3,(H,22,26). The maximum absolute atomic E-state index is 12.5. The molecule has 1 aromatic heterocycles. The van der Waals surface area contributed by atoms with Gasteiger partial charge < -0.3 is 24.3 Å². The topological polar surface area (TPSA) is 79.8 Å². The zero-order valence-corrected chi connectivity index (χ0v) is 17.2. The van der Waals surface area contributed by atoms with Gasteiger partial charge in [-0.15, -0.1) is 0 Å². The quantitative estimate of drug-likeness (QED) is 0.848. The highest BCUT2D eigenvalue weighted by molar-refractivity contribution is 5.75. The van der Waals surface area contributed by atoms with Crippen LogP contribution in [-0.4, -0.2) is 78.0 Å². The van der Waals surface area contributed by atoms with Crippen LogP contribution in [-0.2, 0) is 9.47 Å². The molecular formula is C21H30N4O4. The molecule has 0 aliphatic carbocycles. The zero-order chi connectivity index (χ0) is 20.4. The van der Waals surface area contributed by atoms with Crippen molar-refractivity contribution in [2.75, 3.05) is 46.9 Å². The Morgan fingerprint density at radius 1 is 1.14 bits per heavy atom. The first-order chi connectivity index (χ1) is 14.0. The molecule has 0 bridgehead atoms. The van der Waals surface area contributed by atoms with Crippen molar-refractivity contribution in [1.82, 2.24) is 19.4 Å². The lowest BCUT2D eigenvalue weighted by Crippen LogP contribution is -2.54. The molecule has 1 aromatic carbocycles. The molecule has 158 valence electrons. The fraction of sp³-hybridized carbons (Fsp3) is 0.619. The van der Waals surface area contributed by atoms with Gasteiger partial charge in [0, 0.05) is 45.9 Å². The molecule has 0 atom stereocenters. The smallest absolute Gasteiger partial charge is 0.409 e. The number of nitrogens with one attached hydrogen (secondary N) is 1. The lowest BCUT2D eigenvalue weighted by Gasteiger charge is -2.44. The van der Waals surface area contributed by atoms with Crippen molar-refractivity contribution >= 4 is 17.1 Å². The van der Waals surface area contributed by atoms with Crippen LogP contribution in [0.4, 0.5) is 4.79 Å². The molecule has 29 heavy (non-hydrogen) atoms. The van der Waals surface area contributed by atoms with Crippen LogP contribution in [0.2, 0.25) is 0 Å². The number of piperidine rings is 2. The lowest BCUT2D eigenvalue weighted by atomic mass is 9.89. The van der Waals surface area contributed by atoms with E-state index in [0.717, 1.165) is 56.4 Å². The van der Waals surface area contributed by atoms with Crippen molar-refractivity contribution in [1.29, 1.82) is 0 Å². The number of methoxy groups -OCH3 is 2. The van der Waals surface area contributed by atoms with E-state index in [4.69, 9.17) is 9.47 Å². The number of likely N-dealkylation sites (tertiary alicyclic amines) is 2. The molecular weight excluding hydrogens is 372 g/mol. The average Bonchev–Trinajstić information content (AvgIpc) is 3.10. The fourth-order valence-corrected chi connectivity index (χ4v) is 4.83. The molecule has 2 saturated heterocycles. The first-order valence-electron chi connectivity index (χ1n) is 10.3. The Bertz CT molecular complexity index is 905. The molecule has 8 heteroatoms. The minimum atomic E-state index is -0.264. The number of imidazole rings is 1. The second-order valence-electron chi connectivity index (χ2n) is 8.17. The number of ether oxygens (including phenoxy) is 2. The Hall–Kier alpha value is -2.32. The van der Waals surface area contributed by atoms with Gasteiger partial charge in [-0.25, -0.2) is 9.59 Å². The molecule has 2 aliphatic rings. The van der Waals surface area contributed by atoms with Crippen molar-refractivity contribution in [2.24, 2.45) is 0 Å². The number of amides is 1. The van der Waals surface area contributed by atoms with Gasteiger partial charge in [-0.2, -0.15) is 0 Å². The Morgan fingerprint density at radius 3 is 2.48 bits per heavy atom. The van der Waals surface area contributed by atoms with E-state index < -0.39 is 0 Å². The summed E-state index contributed by atoms with van der Waals surface area (Å²) in [5, 5.41) is 0. The highest BCUT2D eigenvalue weighted by Gasteiger charge is 2.38. The lowest BCUT2D eigenvalue weighted by molar-refractivity contribution is -0.0769. The molecule has 2 aromatic rings. The highest BCUT2D eigenvalue weighted by Crippen LogP contribution is 2.30. The summed E-state index contributed by atoms with van der Waals surface area (Å²) in [5.41, 5.74) is 1.64. The SMILES string of the molecule is COC(=O)N1CCC(CN2CCC(n3c(=O)[nH]c4ccccc43)CC2)(OC)CC1. The van der Waals surface area contributed by atoms with Crippen LogP contribution in [0.15, 0.2) is 29.1 Å². The Morgan fingerprint density at radius 2 is 1.83 bits per heavy atom. The van der Waals surface area contributed by atoms with Crippen LogP contribution in [0.3, 0.4) is 0 Å². The minimum absolute atomic E-state index is 0.0202. The molecule has 0 radical (unpaired) electrons. The number of carbonyl (C=O) groups is 1. The van der Waals surface area contributed by atoms with E-state index in [1.165, 1.54) is 7.11 Å². The minimum Gasteiger partial charge on any atom is -0.453 e. The van der Waals surface area contributed by atoms with Gasteiger partial charge in [-0.1, -0.05) is 12.1 Å². The predicted molar refractivity (Wildman–Crippen MR) is 110 cm³/mol. The van der Waals surface area contributed by atoms with E-state index in [0.29, 0.717) is 13.1 Å². The van der Waals surface area contributed by atoms with Gasteiger partial charge in [0.1, 0.15) is 0 Å². The molecule has 0 unspecified atom stereocenters. The van der Waals surface area contributed by atoms with Crippen molar-refractivity contribution in [2.45, 2.75) is 37.3 Å². The van der Waals surface area contributed by atoms with Crippen LogP contribution in [0.5, 0.6) is 0 Å². The molecule has 0 spiro atoms. The van der Waals surface area contributed by atoms with Crippen molar-refractivity contribution in [3.05, 3.63) is 34.7 Å². The van der Waals surface area contributed by atoms with Crippen LogP contribution < -0.4 is 5.69 Å². The number of benzene rings is 1. The summed E-state index contributed by atoms with van der Waals surface area (Å²) in [6, 6.07) is 8.10. The van der Waals surface area contributed by atoms with Gasteiger partial charge in [-0.3, -0.25) is 4.57 Å². The number of carbonyl (C=O) groups excluding carboxylic acids is 1. The summed E-state index contributed by atoms with van der Waals surface area (Å²) in [5.74, 6) is 0. The van der Waals surface area contributed by atoms with E-state index >= 15 is 0 Å². The molecule has 0 saturated carbocycles. The Balaban J connectivity index is 1.38. The van der Waals surface area contributed by atoms with Gasteiger partial charge in [-0.05, 0) is 37.8 Å². The van der Waals surface area contributed by atoms with Gasteiger partial charge in [0.05, 0.1) is 23.7 Å². The molecule has 1 N–H and O–H groups in total. The first kappa shape index (κ1) is 20.0. The number of rotatable bonds is 4. The van der Waals surface area contributed by atoms with Crippen LogP contribution in [0.1, 0.15) is 31.7 Å². The van der Waals surface area contributed by atoms with E-state index in [-0.39, 0.29) is 23.4 Å². The summed E-state index contributed by atoms with van der Waals surface area (Å²) >= 11 is 0. The van der Waals surface area contributed by atoms with Gasteiger partial charge >= 0.3 is 11.8 Å². The summed E-state index contributed by atoms with van der Waals surface area (Å²) in [6.07, 6.45) is 3.23. The van der Waals surface area contributed by atoms with Crippen LogP contribution in [0.25, 0.3) is 11.0 Å². The summed E-state index contributed by atoms with van der Waals surface area (Å²) in [4.78, 5) is 31.4. The first-order valence-corrected chi connectivity index (χ1v) is 10.3. The second-order valence-corrected chi connectivity index (χ2v) is 8.17. The van der Waals surface area contributed by atoms with Gasteiger partial charge in [0.2, 0.25) is 0 Å². The maximum atomic E-state index is 12.5. The summed E-state index contributed by atoms with van der Waals surface area (Å²) in [7, 11) is 3.19. The molecule has 2 aliphatic heterocycles. The highest BCUT2D eigenvalue weighted by atomic mass is 16.5. The molecule has 2 fully saturated rings. The maximum Gasteiger partial charge on any atom is 0.409 e. The number of fused-ring (bicyclic) bond motifs is 1. The summed E-state index contributed by atoms with van der Waals surface area (Å²) < 4.78 is 12.7. The number of aromatic amines is 1. The number of H-pyrrole nitrogens is 1. The van der Waals surface area contributed by atoms with E-state index in [1.807, 2.05) is 28.8 Å². The molecule has 1 amide bonds. The van der Waals surface area contributed by atoms with E-state index in [2.05, 4.69) is 9.88 Å². The number of para-hydroxylation sites is 2. The normalized spacial score (nSPS) is 20.8. The van der Waals surface area contributed by atoms with Crippen molar-refractivity contribution < 1.29 is 14.3 Å². The van der Waals surface area contributed by atoms with Crippen LogP contribution >= 0.6 is 0 Å². The predicted octanol–water partition coefficient (Wildman–Crippen LogP) is 2.21. The third-order valence-electron chi connectivity index (χ3n) is 6.60. The Kier molecular flexibility index (Phi) is 5.65. The fourth-order valence-electron chi connectivity index (χ4n) is 4.83. The molecule has 4 rings (SSSR count). The van der Waals surface area contributed by atoms with Crippen LogP contribution in [0, 0.1) is 0 Å². The molecule has 8 nitrogen and oxygen atoms in total. The van der Waals surface area contributed by atoms with Gasteiger partial charge in [0.25, 0.3) is 0 Å². The largest absolute Gasteiger partial charge is 0.453 e.